The van der Waals surface area contributed by atoms with Gasteiger partial charge in [-0.3, -0.25) is 0 Å². The Hall–Kier alpha value is -1.72. The first-order valence-electron chi connectivity index (χ1n) is 6.42. The van der Waals surface area contributed by atoms with Crippen LogP contribution < -0.4 is 5.73 Å². The summed E-state index contributed by atoms with van der Waals surface area (Å²) in [4.78, 5) is 6.31. The number of nitrogens with two attached hydrogens (primary N) is 1. The predicted octanol–water partition coefficient (Wildman–Crippen LogP) is 1.76. The summed E-state index contributed by atoms with van der Waals surface area (Å²) in [6, 6.07) is 10.1. The highest BCUT2D eigenvalue weighted by Gasteiger charge is 2.14. The lowest BCUT2D eigenvalue weighted by molar-refractivity contribution is 0.333. The van der Waals surface area contributed by atoms with Crippen molar-refractivity contribution in [2.75, 3.05) is 14.1 Å². The molecule has 1 atom stereocenters. The molecule has 0 saturated heterocycles. The van der Waals surface area contributed by atoms with Gasteiger partial charge in [0.25, 0.3) is 0 Å². The van der Waals surface area contributed by atoms with Gasteiger partial charge in [-0.25, -0.2) is 0 Å². The van der Waals surface area contributed by atoms with Gasteiger partial charge >= 0.3 is 0 Å². The van der Waals surface area contributed by atoms with Crippen molar-refractivity contribution in [2.24, 2.45) is 5.73 Å². The van der Waals surface area contributed by atoms with Gasteiger partial charge in [0.05, 0.1) is 12.6 Å². The summed E-state index contributed by atoms with van der Waals surface area (Å²) in [7, 11) is 3.93. The maximum Gasteiger partial charge on any atom is 0.243 e. The van der Waals surface area contributed by atoms with Crippen LogP contribution in [0.4, 0.5) is 0 Å². The zero-order chi connectivity index (χ0) is 13.7. The van der Waals surface area contributed by atoms with E-state index in [2.05, 4.69) is 22.3 Å². The second kappa shape index (κ2) is 6.45. The van der Waals surface area contributed by atoms with Crippen LogP contribution in [0.15, 0.2) is 34.9 Å². The molecule has 2 N–H and O–H groups in total. The number of hydrogen-bond donors (Lipinski definition) is 1. The Bertz CT molecular complexity index is 495. The normalized spacial score (nSPS) is 12.8. The molecule has 19 heavy (non-hydrogen) atoms. The van der Waals surface area contributed by atoms with Crippen LogP contribution in [-0.2, 0) is 13.0 Å². The van der Waals surface area contributed by atoms with E-state index in [1.807, 2.05) is 37.2 Å². The molecule has 0 aliphatic carbocycles. The lowest BCUT2D eigenvalue weighted by Gasteiger charge is -2.06. The minimum atomic E-state index is -0.205. The van der Waals surface area contributed by atoms with Gasteiger partial charge in [0, 0.05) is 0 Å². The summed E-state index contributed by atoms with van der Waals surface area (Å²) in [6.07, 6.45) is 1.71. The van der Waals surface area contributed by atoms with Crippen LogP contribution >= 0.6 is 0 Å². The second-order valence-electron chi connectivity index (χ2n) is 4.92. The van der Waals surface area contributed by atoms with Crippen LogP contribution in [0.5, 0.6) is 0 Å². The quantitative estimate of drug-likeness (QED) is 0.857. The molecule has 5 nitrogen and oxygen atoms in total. The van der Waals surface area contributed by atoms with Gasteiger partial charge < -0.3 is 15.2 Å². The topological polar surface area (TPSA) is 68.2 Å². The zero-order valence-corrected chi connectivity index (χ0v) is 11.4. The SMILES string of the molecule is CN(C)Cc1noc([C@@H](N)CCc2ccccc2)n1. The van der Waals surface area contributed by atoms with Crippen molar-refractivity contribution in [3.05, 3.63) is 47.6 Å². The largest absolute Gasteiger partial charge is 0.338 e. The third-order valence-corrected chi connectivity index (χ3v) is 2.85. The molecule has 0 fully saturated rings. The van der Waals surface area contributed by atoms with Crippen LogP contribution in [0, 0.1) is 0 Å². The molecule has 1 aromatic heterocycles. The fourth-order valence-electron chi connectivity index (χ4n) is 1.86. The second-order valence-corrected chi connectivity index (χ2v) is 4.92. The van der Waals surface area contributed by atoms with E-state index in [-0.39, 0.29) is 6.04 Å². The van der Waals surface area contributed by atoms with Gasteiger partial charge in [-0.05, 0) is 32.5 Å². The molecular weight excluding hydrogens is 240 g/mol. The summed E-state index contributed by atoms with van der Waals surface area (Å²) in [5.74, 6) is 1.20. The molecule has 1 aromatic carbocycles. The molecule has 102 valence electrons. The molecule has 0 aliphatic rings. The minimum absolute atomic E-state index is 0.205. The van der Waals surface area contributed by atoms with Crippen molar-refractivity contribution in [3.8, 4) is 0 Å². The molecule has 0 bridgehead atoms. The fraction of sp³-hybridized carbons (Fsp3) is 0.429. The Morgan fingerprint density at radius 3 is 2.68 bits per heavy atom. The molecule has 1 heterocycles. The number of rotatable bonds is 6. The van der Waals surface area contributed by atoms with E-state index in [0.29, 0.717) is 18.3 Å². The molecular formula is C14H20N4O. The molecule has 0 aliphatic heterocycles. The van der Waals surface area contributed by atoms with Gasteiger partial charge in [-0.2, -0.15) is 4.98 Å². The molecule has 5 heteroatoms. The summed E-state index contributed by atoms with van der Waals surface area (Å²) in [6.45, 7) is 0.662. The first kappa shape index (κ1) is 13.7. The fourth-order valence-corrected chi connectivity index (χ4v) is 1.86. The highest BCUT2D eigenvalue weighted by atomic mass is 16.5. The van der Waals surface area contributed by atoms with Gasteiger partial charge in [-0.1, -0.05) is 35.5 Å². The molecule has 2 aromatic rings. The van der Waals surface area contributed by atoms with Crippen molar-refractivity contribution in [1.29, 1.82) is 0 Å². The molecule has 0 amide bonds. The molecule has 0 spiro atoms. The van der Waals surface area contributed by atoms with Crippen LogP contribution in [0.2, 0.25) is 0 Å². The average Bonchev–Trinajstić information content (AvgIpc) is 2.85. The van der Waals surface area contributed by atoms with Gasteiger partial charge in [0.1, 0.15) is 0 Å². The number of benzene rings is 1. The summed E-state index contributed by atoms with van der Waals surface area (Å²) < 4.78 is 5.20. The van der Waals surface area contributed by atoms with E-state index in [4.69, 9.17) is 10.3 Å². The van der Waals surface area contributed by atoms with E-state index >= 15 is 0 Å². The van der Waals surface area contributed by atoms with E-state index in [9.17, 15) is 0 Å². The summed E-state index contributed by atoms with van der Waals surface area (Å²) in [5, 5.41) is 3.92. The summed E-state index contributed by atoms with van der Waals surface area (Å²) in [5.41, 5.74) is 7.35. The monoisotopic (exact) mass is 260 g/mol. The Labute approximate surface area is 113 Å². The number of hydrogen-bond acceptors (Lipinski definition) is 5. The van der Waals surface area contributed by atoms with E-state index in [1.54, 1.807) is 0 Å². The number of aromatic nitrogens is 2. The maximum atomic E-state index is 6.08. The third kappa shape index (κ3) is 4.15. The Morgan fingerprint density at radius 2 is 2.00 bits per heavy atom. The summed E-state index contributed by atoms with van der Waals surface area (Å²) >= 11 is 0. The molecule has 0 saturated carbocycles. The predicted molar refractivity (Wildman–Crippen MR) is 73.4 cm³/mol. The molecule has 2 rings (SSSR count). The van der Waals surface area contributed by atoms with Crippen LogP contribution in [-0.4, -0.2) is 29.1 Å². The highest BCUT2D eigenvalue weighted by Crippen LogP contribution is 2.15. The minimum Gasteiger partial charge on any atom is -0.338 e. The Kier molecular flexibility index (Phi) is 4.65. The highest BCUT2D eigenvalue weighted by molar-refractivity contribution is 5.15. The lowest BCUT2D eigenvalue weighted by atomic mass is 10.1. The van der Waals surface area contributed by atoms with Crippen molar-refractivity contribution >= 4 is 0 Å². The van der Waals surface area contributed by atoms with Crippen molar-refractivity contribution < 1.29 is 4.52 Å². The zero-order valence-electron chi connectivity index (χ0n) is 11.4. The first-order chi connectivity index (χ1) is 9.15. The maximum absolute atomic E-state index is 6.08. The van der Waals surface area contributed by atoms with E-state index in [0.717, 1.165) is 12.8 Å². The van der Waals surface area contributed by atoms with Crippen molar-refractivity contribution in [2.45, 2.75) is 25.4 Å². The van der Waals surface area contributed by atoms with Crippen LogP contribution in [0.1, 0.15) is 29.7 Å². The van der Waals surface area contributed by atoms with Gasteiger partial charge in [0.15, 0.2) is 5.82 Å². The van der Waals surface area contributed by atoms with E-state index < -0.39 is 0 Å². The first-order valence-corrected chi connectivity index (χ1v) is 6.42. The molecule has 0 unspecified atom stereocenters. The van der Waals surface area contributed by atoms with Crippen molar-refractivity contribution in [3.63, 3.8) is 0 Å². The standard InChI is InChI=1S/C14H20N4O/c1-18(2)10-13-16-14(19-17-13)12(15)9-8-11-6-4-3-5-7-11/h3-7,12H,8-10,15H2,1-2H3/t12-/m0/s1. The molecule has 0 radical (unpaired) electrons. The van der Waals surface area contributed by atoms with E-state index in [1.165, 1.54) is 5.56 Å². The number of aryl methyl sites for hydroxylation is 1. The van der Waals surface area contributed by atoms with Gasteiger partial charge in [0.2, 0.25) is 5.89 Å². The average molecular weight is 260 g/mol. The Balaban J connectivity index is 1.89. The smallest absolute Gasteiger partial charge is 0.243 e. The third-order valence-electron chi connectivity index (χ3n) is 2.85. The van der Waals surface area contributed by atoms with Crippen molar-refractivity contribution in [1.82, 2.24) is 15.0 Å². The van der Waals surface area contributed by atoms with Crippen LogP contribution in [0.25, 0.3) is 0 Å². The lowest BCUT2D eigenvalue weighted by Crippen LogP contribution is -2.14. The Morgan fingerprint density at radius 1 is 1.26 bits per heavy atom. The number of nitrogens with zero attached hydrogens (tertiary/aromatic N) is 3. The van der Waals surface area contributed by atoms with Gasteiger partial charge in [-0.15, -0.1) is 0 Å². The van der Waals surface area contributed by atoms with Crippen LogP contribution in [0.3, 0.4) is 0 Å².